The molecule has 40 heavy (non-hydrogen) atoms. The van der Waals surface area contributed by atoms with Gasteiger partial charge in [0.15, 0.2) is 0 Å². The number of hydrogen-bond donors (Lipinski definition) is 0. The lowest BCUT2D eigenvalue weighted by Crippen LogP contribution is -1.97. The first-order valence-corrected chi connectivity index (χ1v) is 15.7. The van der Waals surface area contributed by atoms with E-state index in [2.05, 4.69) is 113 Å². The Bertz CT molecular complexity index is 951. The largest absolute Gasteiger partial charge is 0.261 e. The Morgan fingerprint density at radius 3 is 1.52 bits per heavy atom. The third-order valence-corrected chi connectivity index (χ3v) is 5.62. The monoisotopic (exact) mass is 553 g/mol. The van der Waals surface area contributed by atoms with Crippen molar-refractivity contribution in [1.29, 1.82) is 0 Å². The fourth-order valence-corrected chi connectivity index (χ4v) is 3.27. The summed E-state index contributed by atoms with van der Waals surface area (Å²) in [6.45, 7) is 35.6. The highest BCUT2D eigenvalue weighted by molar-refractivity contribution is 5.25. The van der Waals surface area contributed by atoms with Gasteiger partial charge in [-0.3, -0.25) is 19.9 Å². The van der Waals surface area contributed by atoms with Crippen LogP contribution in [0.3, 0.4) is 0 Å². The van der Waals surface area contributed by atoms with Crippen LogP contribution in [0.1, 0.15) is 167 Å². The van der Waals surface area contributed by atoms with Gasteiger partial charge in [0, 0.05) is 35.7 Å². The summed E-state index contributed by atoms with van der Waals surface area (Å²) < 4.78 is 0. The van der Waals surface area contributed by atoms with E-state index in [-0.39, 0.29) is 0 Å². The molecule has 0 spiro atoms. The van der Waals surface area contributed by atoms with E-state index < -0.39 is 0 Å². The molecule has 3 rings (SSSR count). The Morgan fingerprint density at radius 1 is 0.600 bits per heavy atom. The standard InChI is InChI=1S/2C11H17N.C8H12N2.3C2H6/c1-8(2)10-5-6-12-11(7-10)9(3)4;1-5-10-6-7-11(8(2)3)9(4)12-10;1-6(2)8-5-9-7(3)4-10-8;3*1-2/h5-9H,1-4H3;6-8H,5H2,1-4H3;4-6H,1-3H3;3*1-2H3. The number of pyridine rings is 2. The molecule has 3 aromatic heterocycles. The van der Waals surface area contributed by atoms with Crippen LogP contribution in [0.5, 0.6) is 0 Å². The van der Waals surface area contributed by atoms with E-state index in [0.717, 1.165) is 17.8 Å². The number of rotatable bonds is 5. The van der Waals surface area contributed by atoms with Gasteiger partial charge in [-0.2, -0.15) is 0 Å². The molecule has 0 aromatic carbocycles. The van der Waals surface area contributed by atoms with Gasteiger partial charge >= 0.3 is 0 Å². The zero-order chi connectivity index (χ0) is 31.8. The highest BCUT2D eigenvalue weighted by Gasteiger charge is 2.05. The van der Waals surface area contributed by atoms with Crippen molar-refractivity contribution in [2.75, 3.05) is 0 Å². The third kappa shape index (κ3) is 17.9. The first-order chi connectivity index (χ1) is 19.0. The van der Waals surface area contributed by atoms with Crippen molar-refractivity contribution >= 4 is 0 Å². The third-order valence-electron chi connectivity index (χ3n) is 5.62. The summed E-state index contributed by atoms with van der Waals surface area (Å²) in [4.78, 5) is 17.2. The number of aromatic nitrogens is 4. The van der Waals surface area contributed by atoms with Crippen LogP contribution in [-0.4, -0.2) is 19.9 Å². The van der Waals surface area contributed by atoms with Crippen LogP contribution >= 0.6 is 0 Å². The van der Waals surface area contributed by atoms with Crippen LogP contribution in [0.4, 0.5) is 0 Å². The molecule has 0 aliphatic heterocycles. The number of aryl methyl sites for hydroxylation is 3. The Balaban J connectivity index is -0.000000470. The van der Waals surface area contributed by atoms with Crippen LogP contribution in [0.25, 0.3) is 0 Å². The molecular weight excluding hydrogens is 488 g/mol. The van der Waals surface area contributed by atoms with Crippen molar-refractivity contribution in [1.82, 2.24) is 19.9 Å². The molecule has 0 unspecified atom stereocenters. The Morgan fingerprint density at radius 2 is 1.15 bits per heavy atom. The molecular formula is C36H64N4. The summed E-state index contributed by atoms with van der Waals surface area (Å²) in [5.41, 5.74) is 8.36. The summed E-state index contributed by atoms with van der Waals surface area (Å²) in [5, 5.41) is 0. The summed E-state index contributed by atoms with van der Waals surface area (Å²) in [7, 11) is 0. The van der Waals surface area contributed by atoms with Crippen LogP contribution < -0.4 is 0 Å². The Labute approximate surface area is 249 Å². The molecule has 0 N–H and O–H groups in total. The van der Waals surface area contributed by atoms with E-state index in [1.54, 1.807) is 6.20 Å². The fraction of sp³-hybridized carbons (Fsp3) is 0.611. The van der Waals surface area contributed by atoms with Crippen molar-refractivity contribution in [3.05, 3.63) is 82.5 Å². The van der Waals surface area contributed by atoms with E-state index in [0.29, 0.717) is 23.7 Å². The zero-order valence-corrected chi connectivity index (χ0v) is 29.3. The first kappa shape index (κ1) is 41.9. The maximum atomic E-state index is 4.51. The molecule has 3 heterocycles. The average molecular weight is 553 g/mol. The van der Waals surface area contributed by atoms with Crippen LogP contribution in [0, 0.1) is 13.8 Å². The lowest BCUT2D eigenvalue weighted by atomic mass is 10.0. The highest BCUT2D eigenvalue weighted by atomic mass is 14.8. The summed E-state index contributed by atoms with van der Waals surface area (Å²) in [6.07, 6.45) is 6.57. The molecule has 0 aliphatic rings. The molecule has 228 valence electrons. The van der Waals surface area contributed by atoms with Gasteiger partial charge in [0.2, 0.25) is 0 Å². The van der Waals surface area contributed by atoms with Crippen molar-refractivity contribution in [3.8, 4) is 0 Å². The Kier molecular flexibility index (Phi) is 26.5. The summed E-state index contributed by atoms with van der Waals surface area (Å²) >= 11 is 0. The van der Waals surface area contributed by atoms with Crippen molar-refractivity contribution in [3.63, 3.8) is 0 Å². The second-order valence-electron chi connectivity index (χ2n) is 10.0. The molecule has 0 aliphatic carbocycles. The number of nitrogens with zero attached hydrogens (tertiary/aromatic N) is 4. The SMILES string of the molecule is CC.CC.CC.CC(C)c1ccnc(C(C)C)c1.CCc1ccc(C(C)C)c(C)n1.Cc1cnc(C(C)C)cn1. The molecule has 0 radical (unpaired) electrons. The molecule has 0 atom stereocenters. The van der Waals surface area contributed by atoms with Crippen LogP contribution in [-0.2, 0) is 6.42 Å². The van der Waals surface area contributed by atoms with E-state index in [4.69, 9.17) is 0 Å². The molecule has 0 saturated heterocycles. The van der Waals surface area contributed by atoms with E-state index in [1.807, 2.05) is 60.9 Å². The second kappa shape index (κ2) is 25.4. The minimum atomic E-state index is 0.480. The molecule has 0 bridgehead atoms. The summed E-state index contributed by atoms with van der Waals surface area (Å²) in [6, 6.07) is 8.63. The van der Waals surface area contributed by atoms with Gasteiger partial charge in [-0.1, -0.05) is 110 Å². The number of hydrogen-bond acceptors (Lipinski definition) is 4. The smallest absolute Gasteiger partial charge is 0.0612 e. The fourth-order valence-electron chi connectivity index (χ4n) is 3.27. The minimum absolute atomic E-state index is 0.480. The lowest BCUT2D eigenvalue weighted by molar-refractivity contribution is 0.799. The Hall–Kier alpha value is -2.62. The minimum Gasteiger partial charge on any atom is -0.261 e. The maximum absolute atomic E-state index is 4.51. The normalized spacial score (nSPS) is 9.62. The topological polar surface area (TPSA) is 51.6 Å². The molecule has 4 nitrogen and oxygen atoms in total. The predicted molar refractivity (Wildman–Crippen MR) is 180 cm³/mol. The molecule has 3 aromatic rings. The van der Waals surface area contributed by atoms with Gasteiger partial charge in [-0.25, -0.2) is 0 Å². The lowest BCUT2D eigenvalue weighted by Gasteiger charge is -2.09. The maximum Gasteiger partial charge on any atom is 0.0612 e. The van der Waals surface area contributed by atoms with Crippen molar-refractivity contribution in [2.45, 2.75) is 148 Å². The van der Waals surface area contributed by atoms with Gasteiger partial charge < -0.3 is 0 Å². The van der Waals surface area contributed by atoms with Gasteiger partial charge in [0.25, 0.3) is 0 Å². The molecule has 0 fully saturated rings. The van der Waals surface area contributed by atoms with Gasteiger partial charge in [0.05, 0.1) is 11.4 Å². The quantitative estimate of drug-likeness (QED) is 0.316. The van der Waals surface area contributed by atoms with E-state index >= 15 is 0 Å². The van der Waals surface area contributed by atoms with Crippen LogP contribution in [0.2, 0.25) is 0 Å². The van der Waals surface area contributed by atoms with Gasteiger partial charge in [-0.15, -0.1) is 0 Å². The molecule has 4 heteroatoms. The molecule has 0 amide bonds. The van der Waals surface area contributed by atoms with E-state index in [9.17, 15) is 0 Å². The second-order valence-corrected chi connectivity index (χ2v) is 10.0. The first-order valence-electron chi connectivity index (χ1n) is 15.7. The zero-order valence-electron chi connectivity index (χ0n) is 29.3. The highest BCUT2D eigenvalue weighted by Crippen LogP contribution is 2.19. The van der Waals surface area contributed by atoms with Gasteiger partial charge in [0.1, 0.15) is 0 Å². The van der Waals surface area contributed by atoms with Crippen molar-refractivity contribution in [2.24, 2.45) is 0 Å². The van der Waals surface area contributed by atoms with Crippen LogP contribution in [0.15, 0.2) is 42.9 Å². The summed E-state index contributed by atoms with van der Waals surface area (Å²) in [5.74, 6) is 2.20. The van der Waals surface area contributed by atoms with Crippen molar-refractivity contribution < 1.29 is 0 Å². The predicted octanol–water partition coefficient (Wildman–Crippen LogP) is 11.4. The van der Waals surface area contributed by atoms with Gasteiger partial charge in [-0.05, 0) is 73.3 Å². The molecule has 0 saturated carbocycles. The average Bonchev–Trinajstić information content (AvgIpc) is 2.97. The van der Waals surface area contributed by atoms with E-state index in [1.165, 1.54) is 28.2 Å².